The number of hydrogen-bond acceptors (Lipinski definition) is 11. The quantitative estimate of drug-likeness (QED) is 0.157. The number of aromatic nitrogens is 3. The summed E-state index contributed by atoms with van der Waals surface area (Å²) in [6, 6.07) is 5.90. The average Bonchev–Trinajstić information content (AvgIpc) is 3.81. The fraction of sp³-hybridized carbons (Fsp3) is 0.600. The molecule has 0 radical (unpaired) electrons. The number of carbonyl (C=O) groups is 5. The molecule has 64 heavy (non-hydrogen) atoms. The van der Waals surface area contributed by atoms with Gasteiger partial charge < -0.3 is 40.1 Å². The Balaban J connectivity index is 0.710. The van der Waals surface area contributed by atoms with Crippen LogP contribution in [0.5, 0.6) is 0 Å². The van der Waals surface area contributed by atoms with Crippen LogP contribution in [0.1, 0.15) is 75.0 Å². The zero-order chi connectivity index (χ0) is 45.2. The van der Waals surface area contributed by atoms with Gasteiger partial charge in [0.15, 0.2) is 0 Å². The first-order chi connectivity index (χ1) is 30.9. The zero-order valence-corrected chi connectivity index (χ0v) is 36.2. The van der Waals surface area contributed by atoms with E-state index in [1.807, 2.05) is 11.0 Å². The van der Waals surface area contributed by atoms with Crippen molar-refractivity contribution in [1.82, 2.24) is 40.3 Å². The largest absolute Gasteiger partial charge is 0.416 e. The van der Waals surface area contributed by atoms with Crippen molar-refractivity contribution in [2.24, 2.45) is 23.7 Å². The average molecular weight is 894 g/mol. The number of nitrogens with one attached hydrogen (secondary N) is 3. The Morgan fingerprint density at radius 1 is 0.844 bits per heavy atom. The molecule has 346 valence electrons. The summed E-state index contributed by atoms with van der Waals surface area (Å²) in [6.45, 7) is 4.09. The minimum absolute atomic E-state index is 0.00587. The Kier molecular flexibility index (Phi) is 15.6. The van der Waals surface area contributed by atoms with Gasteiger partial charge in [0.25, 0.3) is 0 Å². The normalized spacial score (nSPS) is 23.2. The van der Waals surface area contributed by atoms with E-state index < -0.39 is 23.7 Å². The summed E-state index contributed by atoms with van der Waals surface area (Å²) >= 11 is 0. The number of nitrogens with zero attached hydrogens (tertiary/aromatic N) is 6. The number of benzene rings is 1. The molecule has 3 aliphatic heterocycles. The number of alkyl halides is 3. The van der Waals surface area contributed by atoms with Crippen LogP contribution < -0.4 is 16.0 Å². The molecular formula is C45H58F3N9O7. The number of fused-ring (bicyclic) bond motifs is 1. The minimum Gasteiger partial charge on any atom is -0.379 e. The van der Waals surface area contributed by atoms with Crippen LogP contribution in [0.2, 0.25) is 0 Å². The first kappa shape index (κ1) is 46.6. The first-order valence-corrected chi connectivity index (χ1v) is 22.4. The van der Waals surface area contributed by atoms with Crippen LogP contribution in [0.15, 0.2) is 49.1 Å². The molecule has 3 N–H and O–H groups in total. The standard InChI is InChI=1S/C45H58F3N9O7/c1-55-39(59)26-35(40(55)32-3-2-14-49-27-32)43(61)51-16-22-64-24-23-63-21-13-38(58)56-17-10-30(11-18-56)29-4-6-31(7-5-29)42(60)50-15-20-57-19-12-37(44(57)62)54-41-34-25-33(45(46,47)48)8-9-36(34)52-28-53-41/h2-3,8-9,14,25,27-31,35,37,40H,4-7,10-13,15-24,26H2,1H3,(H,50,60)(H,51,61)(H,52,53,54)/t29-,31-,35-,37-,40+/m0/s1. The number of hydrogen-bond donors (Lipinski definition) is 3. The third-order valence-corrected chi connectivity index (χ3v) is 13.3. The molecule has 7 rings (SSSR count). The third kappa shape index (κ3) is 11.6. The zero-order valence-electron chi connectivity index (χ0n) is 36.2. The van der Waals surface area contributed by atoms with E-state index in [9.17, 15) is 37.1 Å². The van der Waals surface area contributed by atoms with Gasteiger partial charge in [0.2, 0.25) is 29.5 Å². The lowest BCUT2D eigenvalue weighted by Gasteiger charge is -2.39. The highest BCUT2D eigenvalue weighted by Crippen LogP contribution is 2.39. The van der Waals surface area contributed by atoms with Crippen LogP contribution in [-0.2, 0) is 39.6 Å². The van der Waals surface area contributed by atoms with Crippen LogP contribution >= 0.6 is 0 Å². The molecule has 1 aliphatic carbocycles. The van der Waals surface area contributed by atoms with Crippen LogP contribution in [0.25, 0.3) is 10.9 Å². The summed E-state index contributed by atoms with van der Waals surface area (Å²) < 4.78 is 51.3. The molecule has 4 fully saturated rings. The van der Waals surface area contributed by atoms with Gasteiger partial charge in [-0.3, -0.25) is 29.0 Å². The molecule has 19 heteroatoms. The lowest BCUT2D eigenvalue weighted by atomic mass is 9.72. The Labute approximate surface area is 370 Å². The van der Waals surface area contributed by atoms with Crippen LogP contribution in [0.3, 0.4) is 0 Å². The monoisotopic (exact) mass is 893 g/mol. The fourth-order valence-electron chi connectivity index (χ4n) is 9.67. The molecule has 3 aromatic rings. The Morgan fingerprint density at radius 2 is 1.58 bits per heavy atom. The second-order valence-corrected chi connectivity index (χ2v) is 17.2. The number of likely N-dealkylation sites (tertiary alicyclic amines) is 3. The minimum atomic E-state index is -4.52. The molecule has 3 saturated heterocycles. The molecule has 1 saturated carbocycles. The summed E-state index contributed by atoms with van der Waals surface area (Å²) in [4.78, 5) is 81.9. The Bertz CT molecular complexity index is 2100. The number of piperidine rings is 1. The Hall–Kier alpha value is -5.43. The molecule has 0 unspecified atom stereocenters. The highest BCUT2D eigenvalue weighted by Gasteiger charge is 2.43. The first-order valence-electron chi connectivity index (χ1n) is 22.4. The fourth-order valence-corrected chi connectivity index (χ4v) is 9.67. The van der Waals surface area contributed by atoms with E-state index in [1.54, 1.807) is 35.3 Å². The Morgan fingerprint density at radius 3 is 2.31 bits per heavy atom. The van der Waals surface area contributed by atoms with E-state index in [4.69, 9.17) is 9.47 Å². The van der Waals surface area contributed by atoms with Gasteiger partial charge in [-0.05, 0) is 86.6 Å². The molecule has 0 spiro atoms. The summed E-state index contributed by atoms with van der Waals surface area (Å²) in [5.74, 6) is 0.228. The van der Waals surface area contributed by atoms with Gasteiger partial charge in [0, 0.05) is 76.4 Å². The van der Waals surface area contributed by atoms with Crippen molar-refractivity contribution in [2.45, 2.75) is 76.0 Å². The number of anilines is 1. The van der Waals surface area contributed by atoms with Crippen molar-refractivity contribution in [3.05, 3.63) is 60.2 Å². The highest BCUT2D eigenvalue weighted by molar-refractivity contribution is 5.93. The number of ether oxygens (including phenoxy) is 2. The number of carbonyl (C=O) groups excluding carboxylic acids is 5. The highest BCUT2D eigenvalue weighted by atomic mass is 19.4. The molecule has 5 heterocycles. The number of amides is 5. The molecule has 5 amide bonds. The van der Waals surface area contributed by atoms with E-state index >= 15 is 0 Å². The maximum Gasteiger partial charge on any atom is 0.416 e. The van der Waals surface area contributed by atoms with Crippen molar-refractivity contribution in [1.29, 1.82) is 0 Å². The molecule has 1 aromatic carbocycles. The summed E-state index contributed by atoms with van der Waals surface area (Å²) in [7, 11) is 1.70. The van der Waals surface area contributed by atoms with Crippen LogP contribution in [0, 0.1) is 23.7 Å². The van der Waals surface area contributed by atoms with Crippen molar-refractivity contribution < 1.29 is 46.6 Å². The smallest absolute Gasteiger partial charge is 0.379 e. The van der Waals surface area contributed by atoms with E-state index in [0.717, 1.165) is 56.2 Å². The van der Waals surface area contributed by atoms with Crippen LogP contribution in [-0.4, -0.2) is 138 Å². The molecule has 3 atom stereocenters. The van der Waals surface area contributed by atoms with Gasteiger partial charge in [-0.2, -0.15) is 13.2 Å². The van der Waals surface area contributed by atoms with Crippen molar-refractivity contribution >= 4 is 46.3 Å². The molecule has 4 aliphatic rings. The van der Waals surface area contributed by atoms with Gasteiger partial charge in [-0.25, -0.2) is 9.97 Å². The summed E-state index contributed by atoms with van der Waals surface area (Å²) in [5, 5.41) is 9.10. The predicted molar refractivity (Wildman–Crippen MR) is 228 cm³/mol. The van der Waals surface area contributed by atoms with E-state index in [2.05, 4.69) is 30.9 Å². The van der Waals surface area contributed by atoms with Gasteiger partial charge in [0.05, 0.1) is 55.9 Å². The second-order valence-electron chi connectivity index (χ2n) is 17.2. The van der Waals surface area contributed by atoms with Crippen molar-refractivity contribution in [3.63, 3.8) is 0 Å². The SMILES string of the molecule is CN1C(=O)C[C@H](C(=O)NCCOCCOCCC(=O)N2CCC([C@H]3CC[C@H](C(=O)NCCN4CC[C@H](Nc5ncnc6ccc(C(F)(F)F)cc56)C4=O)CC3)CC2)[C@H]1c1cccnc1. The summed E-state index contributed by atoms with van der Waals surface area (Å²) in [6.07, 6.45) is 6.37. The topological polar surface area (TPSA) is 188 Å². The maximum absolute atomic E-state index is 13.3. The number of pyridine rings is 1. The van der Waals surface area contributed by atoms with Crippen molar-refractivity contribution in [2.75, 3.05) is 78.1 Å². The predicted octanol–water partition coefficient (Wildman–Crippen LogP) is 3.98. The van der Waals surface area contributed by atoms with Gasteiger partial charge in [-0.15, -0.1) is 0 Å². The van der Waals surface area contributed by atoms with E-state index in [-0.39, 0.29) is 59.1 Å². The summed E-state index contributed by atoms with van der Waals surface area (Å²) in [5.41, 5.74) is 0.341. The van der Waals surface area contributed by atoms with Crippen molar-refractivity contribution in [3.8, 4) is 0 Å². The molecule has 16 nitrogen and oxygen atoms in total. The number of rotatable bonds is 18. The number of halogens is 3. The van der Waals surface area contributed by atoms with E-state index in [1.165, 1.54) is 12.4 Å². The lowest BCUT2D eigenvalue weighted by Crippen LogP contribution is -2.42. The van der Waals surface area contributed by atoms with Gasteiger partial charge in [0.1, 0.15) is 18.2 Å². The molecule has 2 aromatic heterocycles. The van der Waals surface area contributed by atoms with Gasteiger partial charge in [-0.1, -0.05) is 6.07 Å². The molecular weight excluding hydrogens is 836 g/mol. The van der Waals surface area contributed by atoms with Crippen LogP contribution in [0.4, 0.5) is 19.0 Å². The third-order valence-electron chi connectivity index (χ3n) is 13.3. The maximum atomic E-state index is 13.3. The van der Waals surface area contributed by atoms with Gasteiger partial charge >= 0.3 is 6.18 Å². The van der Waals surface area contributed by atoms with E-state index in [0.29, 0.717) is 95.9 Å². The molecule has 0 bridgehead atoms. The lowest BCUT2D eigenvalue weighted by molar-refractivity contribution is -0.137. The second kappa shape index (κ2) is 21.5.